The molecule has 1 aliphatic heterocycles. The molecule has 2 atom stereocenters. The molecule has 2 amide bonds. The number of carbonyl (C=O) groups is 2. The summed E-state index contributed by atoms with van der Waals surface area (Å²) in [5.74, 6) is -1.09. The second-order valence-electron chi connectivity index (χ2n) is 4.89. The van der Waals surface area contributed by atoms with Gasteiger partial charge in [0.05, 0.1) is 23.4 Å². The molecule has 2 rings (SSSR count). The number of hydrogen-bond donors (Lipinski definition) is 2. The van der Waals surface area contributed by atoms with Gasteiger partial charge in [-0.3, -0.25) is 0 Å². The molecule has 1 saturated heterocycles. The Hall–Kier alpha value is -1.67. The lowest BCUT2D eigenvalue weighted by atomic mass is 10.2. The van der Waals surface area contributed by atoms with Gasteiger partial charge in [-0.15, -0.1) is 11.3 Å². The highest BCUT2D eigenvalue weighted by atomic mass is 32.1. The topological polar surface area (TPSA) is 94.0 Å². The number of aryl methyl sites for hydroxylation is 1. The van der Waals surface area contributed by atoms with E-state index in [1.54, 1.807) is 7.05 Å². The molecule has 0 spiro atoms. The zero-order chi connectivity index (χ0) is 14.9. The highest BCUT2D eigenvalue weighted by Gasteiger charge is 2.40. The van der Waals surface area contributed by atoms with Gasteiger partial charge in [0.15, 0.2) is 0 Å². The maximum Gasteiger partial charge on any atom is 0.326 e. The lowest BCUT2D eigenvalue weighted by Crippen LogP contribution is -2.46. The van der Waals surface area contributed by atoms with Crippen molar-refractivity contribution in [3.8, 4) is 0 Å². The lowest BCUT2D eigenvalue weighted by molar-refractivity contribution is -0.141. The number of aromatic nitrogens is 1. The number of aliphatic carboxylic acids is 1. The monoisotopic (exact) mass is 299 g/mol. The van der Waals surface area contributed by atoms with E-state index in [2.05, 4.69) is 4.98 Å². The normalized spacial score (nSPS) is 22.1. The third-order valence-electron chi connectivity index (χ3n) is 3.20. The summed E-state index contributed by atoms with van der Waals surface area (Å²) in [7, 11) is 1.60. The number of urea groups is 1. The molecule has 0 unspecified atom stereocenters. The third-order valence-corrected chi connectivity index (χ3v) is 4.02. The zero-order valence-electron chi connectivity index (χ0n) is 11.3. The molecule has 1 aromatic rings. The van der Waals surface area contributed by atoms with Crippen LogP contribution in [-0.2, 0) is 11.3 Å². The number of carboxylic acids is 1. The van der Waals surface area contributed by atoms with Gasteiger partial charge in [0.2, 0.25) is 0 Å². The number of amides is 2. The Kier molecular flexibility index (Phi) is 4.24. The molecule has 2 heterocycles. The number of carboxylic acid groups (broad SMARTS) is 1. The minimum absolute atomic E-state index is 0.0518. The van der Waals surface area contributed by atoms with Crippen LogP contribution in [-0.4, -0.2) is 62.7 Å². The highest BCUT2D eigenvalue weighted by Crippen LogP contribution is 2.20. The van der Waals surface area contributed by atoms with Crippen LogP contribution in [0.5, 0.6) is 0 Å². The number of aliphatic hydroxyl groups is 1. The molecular formula is C12H17N3O4S. The molecule has 0 radical (unpaired) electrons. The first-order valence-corrected chi connectivity index (χ1v) is 7.10. The second kappa shape index (κ2) is 5.76. The van der Waals surface area contributed by atoms with E-state index in [0.717, 1.165) is 10.7 Å². The van der Waals surface area contributed by atoms with Crippen molar-refractivity contribution in [2.45, 2.75) is 32.0 Å². The van der Waals surface area contributed by atoms with Crippen LogP contribution >= 0.6 is 11.3 Å². The van der Waals surface area contributed by atoms with E-state index in [9.17, 15) is 14.7 Å². The molecule has 110 valence electrons. The van der Waals surface area contributed by atoms with E-state index in [0.29, 0.717) is 6.54 Å². The summed E-state index contributed by atoms with van der Waals surface area (Å²) in [6, 6.07) is -1.36. The van der Waals surface area contributed by atoms with E-state index >= 15 is 0 Å². The predicted molar refractivity (Wildman–Crippen MR) is 72.5 cm³/mol. The Morgan fingerprint density at radius 3 is 2.85 bits per heavy atom. The lowest BCUT2D eigenvalue weighted by Gasteiger charge is -2.27. The molecule has 1 aromatic heterocycles. The van der Waals surface area contributed by atoms with Crippen LogP contribution in [0.3, 0.4) is 0 Å². The average molecular weight is 299 g/mol. The fourth-order valence-electron chi connectivity index (χ4n) is 2.27. The summed E-state index contributed by atoms with van der Waals surface area (Å²) < 4.78 is 0. The molecule has 0 saturated carbocycles. The summed E-state index contributed by atoms with van der Waals surface area (Å²) in [4.78, 5) is 30.3. The zero-order valence-corrected chi connectivity index (χ0v) is 12.1. The van der Waals surface area contributed by atoms with Crippen molar-refractivity contribution < 1.29 is 19.8 Å². The minimum atomic E-state index is -1.09. The summed E-state index contributed by atoms with van der Waals surface area (Å²) in [5.41, 5.74) is 0.773. The Balaban J connectivity index is 2.04. The SMILES string of the molecule is Cc1nc(CN(C)C(=O)N2C[C@H](O)C[C@H]2C(=O)O)cs1. The van der Waals surface area contributed by atoms with Gasteiger partial charge in [-0.2, -0.15) is 0 Å². The standard InChI is InChI=1S/C12H17N3O4S/c1-7-13-8(6-20-7)4-14(2)12(19)15-5-9(16)3-10(15)11(17)18/h6,9-10,16H,3-5H2,1-2H3,(H,17,18)/t9-,10+/m1/s1. The van der Waals surface area contributed by atoms with E-state index in [1.165, 1.54) is 21.1 Å². The second-order valence-corrected chi connectivity index (χ2v) is 5.95. The van der Waals surface area contributed by atoms with Gasteiger partial charge in [0, 0.05) is 25.4 Å². The Bertz CT molecular complexity index is 519. The van der Waals surface area contributed by atoms with Crippen LogP contribution in [0.4, 0.5) is 4.79 Å². The van der Waals surface area contributed by atoms with Crippen LogP contribution < -0.4 is 0 Å². The number of hydrogen-bond acceptors (Lipinski definition) is 5. The van der Waals surface area contributed by atoms with E-state index in [1.807, 2.05) is 12.3 Å². The molecule has 20 heavy (non-hydrogen) atoms. The van der Waals surface area contributed by atoms with Crippen molar-refractivity contribution in [3.05, 3.63) is 16.1 Å². The number of rotatable bonds is 3. The van der Waals surface area contributed by atoms with Gasteiger partial charge in [-0.05, 0) is 6.92 Å². The molecule has 2 N–H and O–H groups in total. The molecule has 7 nitrogen and oxygen atoms in total. The van der Waals surface area contributed by atoms with Crippen molar-refractivity contribution in [1.29, 1.82) is 0 Å². The van der Waals surface area contributed by atoms with Gasteiger partial charge in [0.1, 0.15) is 6.04 Å². The van der Waals surface area contributed by atoms with Crippen LogP contribution in [0.25, 0.3) is 0 Å². The highest BCUT2D eigenvalue weighted by molar-refractivity contribution is 7.09. The van der Waals surface area contributed by atoms with Gasteiger partial charge in [0.25, 0.3) is 0 Å². The molecule has 1 aliphatic rings. The number of likely N-dealkylation sites (tertiary alicyclic amines) is 1. The summed E-state index contributed by atoms with van der Waals surface area (Å²) in [6.07, 6.45) is -0.708. The summed E-state index contributed by atoms with van der Waals surface area (Å²) in [5, 5.41) is 21.4. The molecule has 0 aromatic carbocycles. The van der Waals surface area contributed by atoms with Crippen LogP contribution in [0.1, 0.15) is 17.1 Å². The Morgan fingerprint density at radius 1 is 1.60 bits per heavy atom. The van der Waals surface area contributed by atoms with Crippen LogP contribution in [0, 0.1) is 6.92 Å². The first-order valence-electron chi connectivity index (χ1n) is 6.22. The van der Waals surface area contributed by atoms with Crippen LogP contribution in [0.15, 0.2) is 5.38 Å². The van der Waals surface area contributed by atoms with Crippen molar-refractivity contribution in [3.63, 3.8) is 0 Å². The van der Waals surface area contributed by atoms with Gasteiger partial charge >= 0.3 is 12.0 Å². The molecule has 0 bridgehead atoms. The first-order chi connectivity index (χ1) is 9.38. The fourth-order valence-corrected chi connectivity index (χ4v) is 2.87. The molecule has 1 fully saturated rings. The fraction of sp³-hybridized carbons (Fsp3) is 0.583. The largest absolute Gasteiger partial charge is 0.480 e. The maximum atomic E-state index is 12.3. The van der Waals surface area contributed by atoms with Gasteiger partial charge in [-0.25, -0.2) is 14.6 Å². The first kappa shape index (κ1) is 14.7. The predicted octanol–water partition coefficient (Wildman–Crippen LogP) is 0.523. The molecule has 8 heteroatoms. The Labute approximate surface area is 120 Å². The average Bonchev–Trinajstić information content (AvgIpc) is 2.94. The quantitative estimate of drug-likeness (QED) is 0.849. The summed E-state index contributed by atoms with van der Waals surface area (Å²) in [6.45, 7) is 2.26. The van der Waals surface area contributed by atoms with E-state index < -0.39 is 24.1 Å². The number of nitrogens with zero attached hydrogens (tertiary/aromatic N) is 3. The smallest absolute Gasteiger partial charge is 0.326 e. The molecular weight excluding hydrogens is 282 g/mol. The maximum absolute atomic E-state index is 12.3. The summed E-state index contributed by atoms with van der Waals surface area (Å²) >= 11 is 1.50. The van der Waals surface area contributed by atoms with Crippen molar-refractivity contribution in [1.82, 2.24) is 14.8 Å². The Morgan fingerprint density at radius 2 is 2.30 bits per heavy atom. The van der Waals surface area contributed by atoms with E-state index in [-0.39, 0.29) is 13.0 Å². The van der Waals surface area contributed by atoms with Gasteiger partial charge in [-0.1, -0.05) is 0 Å². The molecule has 0 aliphatic carbocycles. The van der Waals surface area contributed by atoms with Crippen LogP contribution in [0.2, 0.25) is 0 Å². The third kappa shape index (κ3) is 3.07. The van der Waals surface area contributed by atoms with E-state index in [4.69, 9.17) is 5.11 Å². The number of thiazole rings is 1. The van der Waals surface area contributed by atoms with Gasteiger partial charge < -0.3 is 20.0 Å². The van der Waals surface area contributed by atoms with Crippen molar-refractivity contribution >= 4 is 23.3 Å². The number of aliphatic hydroxyl groups excluding tert-OH is 1. The minimum Gasteiger partial charge on any atom is -0.480 e. The van der Waals surface area contributed by atoms with Crippen molar-refractivity contribution in [2.24, 2.45) is 0 Å². The van der Waals surface area contributed by atoms with Crippen molar-refractivity contribution in [2.75, 3.05) is 13.6 Å². The number of β-amino-alcohol motifs (C(OH)–C–C–N with tert-alkyl or cyclic N) is 1. The number of carbonyl (C=O) groups excluding carboxylic acids is 1.